The number of benzene rings is 2. The number of carbonyl (C=O) groups excluding carboxylic acids is 2. The van der Waals surface area contributed by atoms with E-state index in [0.29, 0.717) is 40.7 Å². The van der Waals surface area contributed by atoms with Crippen molar-refractivity contribution in [2.45, 2.75) is 46.1 Å². The van der Waals surface area contributed by atoms with Crippen molar-refractivity contribution in [3.8, 4) is 22.4 Å². The lowest BCUT2D eigenvalue weighted by molar-refractivity contribution is 0.0961. The molecule has 1 aliphatic rings. The Bertz CT molecular complexity index is 1940. The van der Waals surface area contributed by atoms with Gasteiger partial charge in [-0.25, -0.2) is 4.98 Å². The Morgan fingerprint density at radius 2 is 1.83 bits per heavy atom. The summed E-state index contributed by atoms with van der Waals surface area (Å²) >= 11 is 0. The number of aromatic nitrogens is 3. The molecule has 0 aliphatic heterocycles. The van der Waals surface area contributed by atoms with Crippen molar-refractivity contribution in [3.05, 3.63) is 93.2 Å². The predicted octanol–water partition coefficient (Wildman–Crippen LogP) is 5.79. The van der Waals surface area contributed by atoms with Gasteiger partial charge in [0.2, 0.25) is 0 Å². The summed E-state index contributed by atoms with van der Waals surface area (Å²) in [5, 5.41) is 6.47. The molecule has 9 nitrogen and oxygen atoms in total. The van der Waals surface area contributed by atoms with Crippen LogP contribution >= 0.6 is 0 Å². The maximum Gasteiger partial charge on any atom is 0.290 e. The second kappa shape index (κ2) is 10.5. The highest BCUT2D eigenvalue weighted by atomic mass is 16.5. The van der Waals surface area contributed by atoms with Crippen molar-refractivity contribution in [1.82, 2.24) is 19.6 Å². The molecule has 1 fully saturated rings. The third kappa shape index (κ3) is 4.70. The van der Waals surface area contributed by atoms with Crippen LogP contribution in [0.15, 0.2) is 63.9 Å². The molecule has 1 aliphatic carbocycles. The monoisotopic (exact) mass is 563 g/mol. The number of pyridine rings is 1. The fraction of sp³-hybridized carbons (Fsp3) is 0.273. The number of carbonyl (C=O) groups is 2. The van der Waals surface area contributed by atoms with Gasteiger partial charge in [0.1, 0.15) is 5.76 Å². The van der Waals surface area contributed by atoms with E-state index < -0.39 is 0 Å². The highest BCUT2D eigenvalue weighted by Gasteiger charge is 2.29. The minimum absolute atomic E-state index is 0.150. The van der Waals surface area contributed by atoms with Crippen LogP contribution in [-0.4, -0.2) is 33.2 Å². The van der Waals surface area contributed by atoms with Crippen LogP contribution in [0.4, 0.5) is 5.69 Å². The summed E-state index contributed by atoms with van der Waals surface area (Å²) in [6.45, 7) is 6.38. The lowest BCUT2D eigenvalue weighted by Gasteiger charge is -2.15. The maximum atomic E-state index is 13.7. The van der Waals surface area contributed by atoms with Crippen LogP contribution in [0.1, 0.15) is 63.5 Å². The van der Waals surface area contributed by atoms with E-state index in [1.165, 1.54) is 10.3 Å². The van der Waals surface area contributed by atoms with Gasteiger partial charge < -0.3 is 19.7 Å². The molecule has 0 atom stereocenters. The van der Waals surface area contributed by atoms with Crippen LogP contribution in [0.5, 0.6) is 0 Å². The summed E-state index contributed by atoms with van der Waals surface area (Å²) in [6, 6.07) is 17.1. The van der Waals surface area contributed by atoms with Crippen molar-refractivity contribution >= 4 is 28.4 Å². The third-order valence-electron chi connectivity index (χ3n) is 7.90. The molecule has 2 amide bonds. The van der Waals surface area contributed by atoms with Gasteiger partial charge in [0.25, 0.3) is 17.4 Å². The van der Waals surface area contributed by atoms with Crippen LogP contribution in [0.25, 0.3) is 33.3 Å². The van der Waals surface area contributed by atoms with Gasteiger partial charge in [0, 0.05) is 54.2 Å². The van der Waals surface area contributed by atoms with E-state index in [0.717, 1.165) is 46.3 Å². The van der Waals surface area contributed by atoms with E-state index in [2.05, 4.69) is 45.3 Å². The minimum Gasteiger partial charge on any atom is -0.381 e. The number of hydrogen-bond donors (Lipinski definition) is 2. The first-order chi connectivity index (χ1) is 20.2. The Morgan fingerprint density at radius 3 is 2.50 bits per heavy atom. The van der Waals surface area contributed by atoms with Gasteiger partial charge in [-0.1, -0.05) is 18.2 Å². The van der Waals surface area contributed by atoms with E-state index in [-0.39, 0.29) is 17.4 Å². The molecule has 0 spiro atoms. The molecule has 3 heterocycles. The molecule has 0 bridgehead atoms. The van der Waals surface area contributed by atoms with Crippen molar-refractivity contribution in [2.75, 3.05) is 12.4 Å². The first-order valence-electron chi connectivity index (χ1n) is 14.2. The Kier molecular flexibility index (Phi) is 6.80. The first-order valence-corrected chi connectivity index (χ1v) is 14.2. The van der Waals surface area contributed by atoms with Crippen LogP contribution in [0.3, 0.4) is 0 Å². The lowest BCUT2D eigenvalue weighted by atomic mass is 9.95. The van der Waals surface area contributed by atoms with Gasteiger partial charge in [0.15, 0.2) is 5.69 Å². The zero-order valence-corrected chi connectivity index (χ0v) is 24.4. The average Bonchev–Trinajstić information content (AvgIpc) is 3.71. The predicted molar refractivity (Wildman–Crippen MR) is 163 cm³/mol. The normalized spacial score (nSPS) is 13.0. The molecule has 214 valence electrons. The summed E-state index contributed by atoms with van der Waals surface area (Å²) in [4.78, 5) is 43.3. The topological polar surface area (TPSA) is 111 Å². The number of anilines is 1. The SMILES string of the molecule is CCn1c(-c2ccc(-c3c(C)on(C)c3=O)cc2C2CC2)cc2cc(C)nc(C(=O)Nc3cccc(C(=O)NC)c3)c21. The first kappa shape index (κ1) is 27.3. The quantitative estimate of drug-likeness (QED) is 0.261. The molecule has 6 rings (SSSR count). The fourth-order valence-electron chi connectivity index (χ4n) is 5.82. The Hall–Kier alpha value is -4.92. The zero-order chi connectivity index (χ0) is 29.7. The Labute approximate surface area is 243 Å². The fourth-order valence-corrected chi connectivity index (χ4v) is 5.82. The van der Waals surface area contributed by atoms with E-state index in [4.69, 9.17) is 4.52 Å². The van der Waals surface area contributed by atoms with Crippen molar-refractivity contribution in [2.24, 2.45) is 7.05 Å². The molecule has 9 heteroatoms. The van der Waals surface area contributed by atoms with Gasteiger partial charge in [0.05, 0.1) is 11.1 Å². The molecule has 1 saturated carbocycles. The standard InChI is InChI=1S/C33H33N5O4/c1-6-38-27(25-13-12-21(16-26(25)20-10-11-20)28-19(3)42-37(5)33(28)41)17-23-14-18(2)35-29(30(23)38)32(40)36-24-9-7-8-22(15-24)31(39)34-4/h7-9,12-17,20H,6,10-11H2,1-5H3,(H,34,39)(H,36,40). The molecule has 5 aromatic rings. The highest BCUT2D eigenvalue weighted by molar-refractivity contribution is 6.12. The van der Waals surface area contributed by atoms with Gasteiger partial charge in [-0.2, -0.15) is 4.74 Å². The second-order valence-electron chi connectivity index (χ2n) is 10.8. The Balaban J connectivity index is 1.46. The number of hydrogen-bond acceptors (Lipinski definition) is 5. The van der Waals surface area contributed by atoms with Crippen molar-refractivity contribution in [1.29, 1.82) is 0 Å². The molecule has 0 unspecified atom stereocenters. The number of aryl methyl sites for hydroxylation is 4. The minimum atomic E-state index is -0.346. The smallest absolute Gasteiger partial charge is 0.290 e. The largest absolute Gasteiger partial charge is 0.381 e. The maximum absolute atomic E-state index is 13.7. The lowest BCUT2D eigenvalue weighted by Crippen LogP contribution is -2.19. The summed E-state index contributed by atoms with van der Waals surface area (Å²) in [5.74, 6) is 0.431. The molecule has 2 N–H and O–H groups in total. The zero-order valence-electron chi connectivity index (χ0n) is 24.4. The molecule has 3 aromatic heterocycles. The van der Waals surface area contributed by atoms with Crippen molar-refractivity contribution < 1.29 is 14.1 Å². The van der Waals surface area contributed by atoms with Crippen LogP contribution in [-0.2, 0) is 13.6 Å². The van der Waals surface area contributed by atoms with Crippen LogP contribution < -0.4 is 16.2 Å². The molecular formula is C33H33N5O4. The van der Waals surface area contributed by atoms with Crippen LogP contribution in [0, 0.1) is 13.8 Å². The highest BCUT2D eigenvalue weighted by Crippen LogP contribution is 2.46. The van der Waals surface area contributed by atoms with E-state index in [1.54, 1.807) is 38.4 Å². The second-order valence-corrected chi connectivity index (χ2v) is 10.8. The van der Waals surface area contributed by atoms with E-state index in [1.807, 2.05) is 26.0 Å². The van der Waals surface area contributed by atoms with Crippen molar-refractivity contribution in [3.63, 3.8) is 0 Å². The van der Waals surface area contributed by atoms with Gasteiger partial charge in [-0.05, 0) is 87.1 Å². The number of fused-ring (bicyclic) bond motifs is 1. The molecule has 0 radical (unpaired) electrons. The third-order valence-corrected chi connectivity index (χ3v) is 7.90. The van der Waals surface area contributed by atoms with Gasteiger partial charge in [-0.15, -0.1) is 0 Å². The summed E-state index contributed by atoms with van der Waals surface area (Å²) in [7, 11) is 3.19. The average molecular weight is 564 g/mol. The van der Waals surface area contributed by atoms with E-state index in [9.17, 15) is 14.4 Å². The summed E-state index contributed by atoms with van der Waals surface area (Å²) in [6.07, 6.45) is 2.18. The van der Waals surface area contributed by atoms with E-state index >= 15 is 0 Å². The molecule has 2 aromatic carbocycles. The number of nitrogens with one attached hydrogen (secondary N) is 2. The number of nitrogens with zero attached hydrogens (tertiary/aromatic N) is 3. The van der Waals surface area contributed by atoms with Gasteiger partial charge >= 0.3 is 0 Å². The molecule has 0 saturated heterocycles. The number of amides is 2. The Morgan fingerprint density at radius 1 is 1.05 bits per heavy atom. The van der Waals surface area contributed by atoms with Crippen LogP contribution in [0.2, 0.25) is 0 Å². The summed E-state index contributed by atoms with van der Waals surface area (Å²) < 4.78 is 8.96. The molecular weight excluding hydrogens is 530 g/mol. The summed E-state index contributed by atoms with van der Waals surface area (Å²) in [5.41, 5.74) is 7.34. The number of rotatable bonds is 7. The van der Waals surface area contributed by atoms with Gasteiger partial charge in [-0.3, -0.25) is 14.4 Å². The molecule has 42 heavy (non-hydrogen) atoms.